The van der Waals surface area contributed by atoms with Crippen LogP contribution in [0.25, 0.3) is 0 Å². The fourth-order valence-electron chi connectivity index (χ4n) is 2.79. The van der Waals surface area contributed by atoms with Crippen molar-refractivity contribution >= 4 is 11.9 Å². The highest BCUT2D eigenvalue weighted by Crippen LogP contribution is 2.34. The van der Waals surface area contributed by atoms with Crippen molar-refractivity contribution in [3.8, 4) is 0 Å². The van der Waals surface area contributed by atoms with Crippen molar-refractivity contribution in [2.45, 2.75) is 33.6 Å². The quantitative estimate of drug-likeness (QED) is 0.927. The summed E-state index contributed by atoms with van der Waals surface area (Å²) < 4.78 is 0. The second kappa shape index (κ2) is 5.84. The number of amides is 1. The highest BCUT2D eigenvalue weighted by Gasteiger charge is 2.40. The molecule has 0 saturated carbocycles. The molecule has 0 spiro atoms. The maximum absolute atomic E-state index is 12.5. The minimum absolute atomic E-state index is 0.0179. The van der Waals surface area contributed by atoms with Crippen LogP contribution in [-0.2, 0) is 4.79 Å². The second-order valence-electron chi connectivity index (χ2n) is 6.30. The first-order valence-corrected chi connectivity index (χ1v) is 7.27. The topological polar surface area (TPSA) is 70.5 Å². The number of aryl methyl sites for hydroxylation is 1. The Balaban J connectivity index is 2.14. The van der Waals surface area contributed by atoms with E-state index in [0.717, 1.165) is 18.5 Å². The number of rotatable bonds is 3. The molecule has 1 aliphatic heterocycles. The van der Waals surface area contributed by atoms with Gasteiger partial charge in [-0.3, -0.25) is 14.6 Å². The summed E-state index contributed by atoms with van der Waals surface area (Å²) in [6.45, 7) is 6.52. The van der Waals surface area contributed by atoms with Crippen LogP contribution in [0.1, 0.15) is 42.7 Å². The van der Waals surface area contributed by atoms with Gasteiger partial charge in [0, 0.05) is 30.5 Å². The third-order valence-corrected chi connectivity index (χ3v) is 4.42. The van der Waals surface area contributed by atoms with Crippen molar-refractivity contribution in [1.82, 2.24) is 9.88 Å². The van der Waals surface area contributed by atoms with Gasteiger partial charge in [0.1, 0.15) is 0 Å². The van der Waals surface area contributed by atoms with E-state index in [2.05, 4.69) is 4.98 Å². The molecule has 0 aromatic carbocycles. The largest absolute Gasteiger partial charge is 0.481 e. The van der Waals surface area contributed by atoms with Crippen molar-refractivity contribution in [3.63, 3.8) is 0 Å². The standard InChI is InChI=1S/C16H22N2O3/c1-11-9-12(6-7-17-11)14(19)18-8-4-5-13(10-18)16(2,3)15(20)21/h6-7,9,13H,4-5,8,10H2,1-3H3,(H,20,21). The molecule has 0 radical (unpaired) electrons. The number of hydrogen-bond donors (Lipinski definition) is 1. The Labute approximate surface area is 125 Å². The predicted molar refractivity (Wildman–Crippen MR) is 79.0 cm³/mol. The first kappa shape index (κ1) is 15.5. The van der Waals surface area contributed by atoms with Gasteiger partial charge in [0.05, 0.1) is 5.41 Å². The third kappa shape index (κ3) is 3.23. The average Bonchev–Trinajstić information content (AvgIpc) is 2.46. The Morgan fingerprint density at radius 2 is 2.14 bits per heavy atom. The lowest BCUT2D eigenvalue weighted by Crippen LogP contribution is -2.46. The molecule has 1 unspecified atom stereocenters. The molecule has 114 valence electrons. The lowest BCUT2D eigenvalue weighted by Gasteiger charge is -2.39. The van der Waals surface area contributed by atoms with E-state index in [1.165, 1.54) is 0 Å². The maximum Gasteiger partial charge on any atom is 0.309 e. The molecule has 1 amide bonds. The number of pyridine rings is 1. The van der Waals surface area contributed by atoms with Gasteiger partial charge in [-0.2, -0.15) is 0 Å². The molecule has 1 saturated heterocycles. The summed E-state index contributed by atoms with van der Waals surface area (Å²) in [5, 5.41) is 9.36. The highest BCUT2D eigenvalue weighted by molar-refractivity contribution is 5.94. The highest BCUT2D eigenvalue weighted by atomic mass is 16.4. The minimum Gasteiger partial charge on any atom is -0.481 e. The molecule has 2 heterocycles. The molecule has 21 heavy (non-hydrogen) atoms. The Morgan fingerprint density at radius 1 is 1.43 bits per heavy atom. The van der Waals surface area contributed by atoms with Crippen molar-refractivity contribution in [2.75, 3.05) is 13.1 Å². The molecule has 5 nitrogen and oxygen atoms in total. The van der Waals surface area contributed by atoms with Crippen molar-refractivity contribution in [3.05, 3.63) is 29.6 Å². The summed E-state index contributed by atoms with van der Waals surface area (Å²) in [5.74, 6) is -0.858. The number of likely N-dealkylation sites (tertiary alicyclic amines) is 1. The number of hydrogen-bond acceptors (Lipinski definition) is 3. The van der Waals surface area contributed by atoms with Gasteiger partial charge in [0.25, 0.3) is 5.91 Å². The van der Waals surface area contributed by atoms with Crippen LogP contribution in [0.3, 0.4) is 0 Å². The minimum atomic E-state index is -0.812. The summed E-state index contributed by atoms with van der Waals surface area (Å²) in [7, 11) is 0. The number of nitrogens with zero attached hydrogens (tertiary/aromatic N) is 2. The maximum atomic E-state index is 12.5. The lowest BCUT2D eigenvalue weighted by atomic mass is 9.74. The second-order valence-corrected chi connectivity index (χ2v) is 6.30. The van der Waals surface area contributed by atoms with Crippen LogP contribution in [-0.4, -0.2) is 40.0 Å². The van der Waals surface area contributed by atoms with E-state index in [-0.39, 0.29) is 11.8 Å². The summed E-state index contributed by atoms with van der Waals surface area (Å²) >= 11 is 0. The van der Waals surface area contributed by atoms with E-state index in [9.17, 15) is 14.7 Å². The van der Waals surface area contributed by atoms with Crippen LogP contribution in [0, 0.1) is 18.3 Å². The number of carboxylic acids is 1. The number of carbonyl (C=O) groups excluding carboxylic acids is 1. The number of aromatic nitrogens is 1. The van der Waals surface area contributed by atoms with E-state index in [1.807, 2.05) is 6.92 Å². The molecule has 1 N–H and O–H groups in total. The predicted octanol–water partition coefficient (Wildman–Crippen LogP) is 2.35. The zero-order chi connectivity index (χ0) is 15.6. The normalized spacial score (nSPS) is 19.4. The smallest absolute Gasteiger partial charge is 0.309 e. The molecule has 5 heteroatoms. The van der Waals surface area contributed by atoms with E-state index in [0.29, 0.717) is 18.7 Å². The Hall–Kier alpha value is -1.91. The van der Waals surface area contributed by atoms with Gasteiger partial charge in [-0.05, 0) is 51.7 Å². The summed E-state index contributed by atoms with van der Waals surface area (Å²) in [4.78, 5) is 29.8. The van der Waals surface area contributed by atoms with Gasteiger partial charge in [0.15, 0.2) is 0 Å². The van der Waals surface area contributed by atoms with E-state index < -0.39 is 11.4 Å². The Kier molecular flexibility index (Phi) is 4.30. The van der Waals surface area contributed by atoms with Crippen LogP contribution in [0.15, 0.2) is 18.3 Å². The van der Waals surface area contributed by atoms with Gasteiger partial charge in [0.2, 0.25) is 0 Å². The average molecular weight is 290 g/mol. The summed E-state index contributed by atoms with van der Waals surface area (Å²) in [6, 6.07) is 3.48. The van der Waals surface area contributed by atoms with Crippen molar-refractivity contribution in [2.24, 2.45) is 11.3 Å². The first-order valence-electron chi connectivity index (χ1n) is 7.27. The van der Waals surface area contributed by atoms with Gasteiger partial charge in [-0.15, -0.1) is 0 Å². The van der Waals surface area contributed by atoms with Gasteiger partial charge in [-0.25, -0.2) is 0 Å². The van der Waals surface area contributed by atoms with E-state index >= 15 is 0 Å². The molecule has 1 aromatic heterocycles. The van der Waals surface area contributed by atoms with Crippen LogP contribution >= 0.6 is 0 Å². The first-order chi connectivity index (χ1) is 9.82. The third-order valence-electron chi connectivity index (χ3n) is 4.42. The molecular weight excluding hydrogens is 268 g/mol. The number of carboxylic acid groups (broad SMARTS) is 1. The fraction of sp³-hybridized carbons (Fsp3) is 0.562. The number of carbonyl (C=O) groups is 2. The molecular formula is C16H22N2O3. The van der Waals surface area contributed by atoms with Crippen molar-refractivity contribution in [1.29, 1.82) is 0 Å². The molecule has 1 atom stereocenters. The van der Waals surface area contributed by atoms with Crippen molar-refractivity contribution < 1.29 is 14.7 Å². The molecule has 1 fully saturated rings. The van der Waals surface area contributed by atoms with Gasteiger partial charge < -0.3 is 10.0 Å². The summed E-state index contributed by atoms with van der Waals surface area (Å²) in [6.07, 6.45) is 3.32. The van der Waals surface area contributed by atoms with Gasteiger partial charge >= 0.3 is 5.97 Å². The van der Waals surface area contributed by atoms with E-state index in [4.69, 9.17) is 0 Å². The Morgan fingerprint density at radius 3 is 2.76 bits per heavy atom. The SMILES string of the molecule is Cc1cc(C(=O)N2CCCC(C(C)(C)C(=O)O)C2)ccn1. The van der Waals surface area contributed by atoms with Crippen LogP contribution in [0.5, 0.6) is 0 Å². The molecule has 2 rings (SSSR count). The molecule has 1 aromatic rings. The molecule has 1 aliphatic rings. The number of aliphatic carboxylic acids is 1. The zero-order valence-corrected chi connectivity index (χ0v) is 12.8. The van der Waals surface area contributed by atoms with E-state index in [1.54, 1.807) is 37.1 Å². The molecule has 0 aliphatic carbocycles. The lowest BCUT2D eigenvalue weighted by molar-refractivity contribution is -0.151. The van der Waals surface area contributed by atoms with Crippen LogP contribution < -0.4 is 0 Å². The molecule has 0 bridgehead atoms. The van der Waals surface area contributed by atoms with Gasteiger partial charge in [-0.1, -0.05) is 0 Å². The summed E-state index contributed by atoms with van der Waals surface area (Å²) in [5.41, 5.74) is 0.615. The van der Waals surface area contributed by atoms with Crippen LogP contribution in [0.4, 0.5) is 0 Å². The van der Waals surface area contributed by atoms with Crippen LogP contribution in [0.2, 0.25) is 0 Å². The Bertz CT molecular complexity index is 554. The monoisotopic (exact) mass is 290 g/mol. The fourth-order valence-corrected chi connectivity index (χ4v) is 2.79. The number of piperidine rings is 1. The zero-order valence-electron chi connectivity index (χ0n) is 12.8.